The number of hydrogen-bond donors (Lipinski definition) is 0. The summed E-state index contributed by atoms with van der Waals surface area (Å²) in [6, 6.07) is 0. The van der Waals surface area contributed by atoms with Crippen LogP contribution < -0.4 is 0 Å². The predicted molar refractivity (Wildman–Crippen MR) is 107 cm³/mol. The molecule has 0 unspecified atom stereocenters. The van der Waals surface area contributed by atoms with E-state index in [1.54, 1.807) is 0 Å². The lowest BCUT2D eigenvalue weighted by atomic mass is 10.3. The maximum absolute atomic E-state index is 2.52. The molecule has 0 aliphatic carbocycles. The summed E-state index contributed by atoms with van der Waals surface area (Å²) >= 11 is 0. The van der Waals surface area contributed by atoms with E-state index in [0.717, 1.165) is 0 Å². The fourth-order valence-electron chi connectivity index (χ4n) is 2.56. The average molecular weight is 352 g/mol. The Kier molecular flexibility index (Phi) is 5.60. The van der Waals surface area contributed by atoms with Crippen LogP contribution in [0.15, 0.2) is 0 Å². The molecule has 0 aromatic rings. The van der Waals surface area contributed by atoms with Crippen LogP contribution in [-0.4, -0.2) is 20.6 Å². The van der Waals surface area contributed by atoms with Crippen molar-refractivity contribution in [1.29, 1.82) is 0 Å². The summed E-state index contributed by atoms with van der Waals surface area (Å²) < 4.78 is 0. The highest BCUT2D eigenvalue weighted by atomic mass is 33.0. The maximum atomic E-state index is 2.52. The highest BCUT2D eigenvalue weighted by molar-refractivity contribution is 9.09. The Bertz CT molecular complexity index is 269. The zero-order valence-electron chi connectivity index (χ0n) is 15.8. The van der Waals surface area contributed by atoms with E-state index in [2.05, 4.69) is 83.1 Å². The topological polar surface area (TPSA) is 0 Å². The molecule has 1 aliphatic heterocycles. The van der Waals surface area contributed by atoms with E-state index in [-0.39, 0.29) is 29.2 Å². The van der Waals surface area contributed by atoms with Gasteiger partial charge in [-0.2, -0.15) is 0 Å². The fourth-order valence-corrected chi connectivity index (χ4v) is 58.4. The van der Waals surface area contributed by atoms with E-state index < -0.39 is 0 Å². The molecule has 0 amide bonds. The molecule has 0 N–H and O–H groups in total. The van der Waals surface area contributed by atoms with Gasteiger partial charge in [-0.3, -0.25) is 0 Å². The monoisotopic (exact) mass is 352 g/mol. The van der Waals surface area contributed by atoms with E-state index in [0.29, 0.717) is 20.6 Å². The number of hydrogen-bond acceptors (Lipinski definition) is 0. The van der Waals surface area contributed by atoms with Gasteiger partial charge in [0.1, 0.15) is 0 Å². The van der Waals surface area contributed by atoms with Gasteiger partial charge in [0.05, 0.1) is 0 Å². The molecule has 1 aliphatic rings. The largest absolute Gasteiger partial charge is 0.0555 e. The van der Waals surface area contributed by atoms with Crippen LogP contribution in [0.3, 0.4) is 0 Å². The molecular formula is C16H36P4. The Morgan fingerprint density at radius 2 is 0.400 bits per heavy atom. The van der Waals surface area contributed by atoms with Crippen LogP contribution >= 0.6 is 29.2 Å². The van der Waals surface area contributed by atoms with Gasteiger partial charge in [-0.05, 0) is 49.8 Å². The molecule has 1 fully saturated rings. The molecule has 120 valence electrons. The van der Waals surface area contributed by atoms with Gasteiger partial charge in [-0.15, -0.1) is 0 Å². The summed E-state index contributed by atoms with van der Waals surface area (Å²) in [5.41, 5.74) is 0. The first-order chi connectivity index (χ1) is 8.49. The summed E-state index contributed by atoms with van der Waals surface area (Å²) in [4.78, 5) is 0. The van der Waals surface area contributed by atoms with Crippen LogP contribution in [0.5, 0.6) is 0 Å². The Labute approximate surface area is 133 Å². The minimum absolute atomic E-state index is 0.213. The lowest BCUT2D eigenvalue weighted by molar-refractivity contribution is 0.766. The van der Waals surface area contributed by atoms with Crippen molar-refractivity contribution in [3.8, 4) is 0 Å². The lowest BCUT2D eigenvalue weighted by Gasteiger charge is -2.69. The molecule has 1 rings (SSSR count). The molecule has 0 nitrogen and oxygen atoms in total. The minimum atomic E-state index is 0.213. The highest BCUT2D eigenvalue weighted by Gasteiger charge is 2.63. The van der Waals surface area contributed by atoms with E-state index in [4.69, 9.17) is 0 Å². The molecule has 0 atom stereocenters. The molecule has 0 saturated carbocycles. The van der Waals surface area contributed by atoms with Gasteiger partial charge < -0.3 is 0 Å². The molecule has 0 radical (unpaired) electrons. The van der Waals surface area contributed by atoms with Gasteiger partial charge in [-0.25, -0.2) is 0 Å². The van der Waals surface area contributed by atoms with Crippen LogP contribution in [0.1, 0.15) is 83.1 Å². The second kappa shape index (κ2) is 5.66. The second-order valence-electron chi connectivity index (χ2n) is 9.84. The van der Waals surface area contributed by atoms with Gasteiger partial charge in [-0.1, -0.05) is 83.1 Å². The molecule has 0 aromatic heterocycles. The first-order valence-electron chi connectivity index (χ1n) is 7.69. The van der Waals surface area contributed by atoms with Crippen molar-refractivity contribution in [2.75, 3.05) is 0 Å². The first kappa shape index (κ1) is 19.8. The lowest BCUT2D eigenvalue weighted by Crippen LogP contribution is -2.30. The molecule has 20 heavy (non-hydrogen) atoms. The van der Waals surface area contributed by atoms with Crippen molar-refractivity contribution < 1.29 is 0 Å². The average Bonchev–Trinajstić information content (AvgIpc) is 1.86. The molecule has 1 heterocycles. The summed E-state index contributed by atoms with van der Waals surface area (Å²) in [6.07, 6.45) is 0. The van der Waals surface area contributed by atoms with Crippen LogP contribution in [0.2, 0.25) is 0 Å². The summed E-state index contributed by atoms with van der Waals surface area (Å²) in [6.45, 7) is 30.3. The van der Waals surface area contributed by atoms with E-state index in [9.17, 15) is 0 Å². The fraction of sp³-hybridized carbons (Fsp3) is 1.00. The number of rotatable bonds is 0. The third-order valence-corrected chi connectivity index (χ3v) is 46.0. The van der Waals surface area contributed by atoms with Gasteiger partial charge >= 0.3 is 0 Å². The van der Waals surface area contributed by atoms with Crippen LogP contribution in [0, 0.1) is 0 Å². The smallest absolute Gasteiger partial charge is 0.00955 e. The second-order valence-corrected chi connectivity index (χ2v) is 30.9. The van der Waals surface area contributed by atoms with E-state index in [1.807, 2.05) is 0 Å². The molecular weight excluding hydrogens is 316 g/mol. The highest BCUT2D eigenvalue weighted by Crippen LogP contribution is 3.27. The zero-order valence-corrected chi connectivity index (χ0v) is 19.4. The van der Waals surface area contributed by atoms with E-state index in [1.165, 1.54) is 0 Å². The van der Waals surface area contributed by atoms with Crippen LogP contribution in [-0.2, 0) is 0 Å². The standard InChI is InChI=1S/C16H36P4/c1-13(2,3)17-18(14(4,5)6)20(16(10,11)12)19(17)15(7,8)9/h1-12H3. The Morgan fingerprint density at radius 1 is 0.300 bits per heavy atom. The summed E-state index contributed by atoms with van der Waals surface area (Å²) in [7, 11) is 0.852. The molecule has 1 saturated heterocycles. The minimum Gasteiger partial charge on any atom is -0.0555 e. The van der Waals surface area contributed by atoms with Gasteiger partial charge in [0.2, 0.25) is 0 Å². The quantitative estimate of drug-likeness (QED) is 0.382. The van der Waals surface area contributed by atoms with Crippen LogP contribution in [0.4, 0.5) is 0 Å². The van der Waals surface area contributed by atoms with Crippen molar-refractivity contribution in [3.05, 3.63) is 0 Å². The third kappa shape index (κ3) is 3.97. The van der Waals surface area contributed by atoms with Gasteiger partial charge in [0.15, 0.2) is 0 Å². The molecule has 0 aromatic carbocycles. The van der Waals surface area contributed by atoms with Crippen LogP contribution in [0.25, 0.3) is 0 Å². The Hall–Kier alpha value is 1.72. The maximum Gasteiger partial charge on any atom is -0.00955 e. The molecule has 0 bridgehead atoms. The van der Waals surface area contributed by atoms with Crippen molar-refractivity contribution >= 4 is 29.2 Å². The van der Waals surface area contributed by atoms with Gasteiger partial charge in [0, 0.05) is 0 Å². The molecule has 0 spiro atoms. The zero-order chi connectivity index (χ0) is 16.3. The van der Waals surface area contributed by atoms with E-state index >= 15 is 0 Å². The van der Waals surface area contributed by atoms with Crippen molar-refractivity contribution in [2.45, 2.75) is 104 Å². The molecule has 4 heteroatoms. The van der Waals surface area contributed by atoms with Crippen molar-refractivity contribution in [2.24, 2.45) is 0 Å². The SMILES string of the molecule is CC(C)(C)P1P(C(C)(C)C)P(C(C)(C)C)P1C(C)(C)C. The van der Waals surface area contributed by atoms with Gasteiger partial charge in [0.25, 0.3) is 0 Å². The Morgan fingerprint density at radius 3 is 0.450 bits per heavy atom. The van der Waals surface area contributed by atoms with Crippen molar-refractivity contribution in [3.63, 3.8) is 0 Å². The summed E-state index contributed by atoms with van der Waals surface area (Å²) in [5, 5.41) is 2.16. The normalized spacial score (nSPS) is 33.0. The first-order valence-corrected chi connectivity index (χ1v) is 15.9. The summed E-state index contributed by atoms with van der Waals surface area (Å²) in [5.74, 6) is 0. The Balaban J connectivity index is 3.33. The predicted octanol–water partition coefficient (Wildman–Crippen LogP) is 8.78. The third-order valence-electron chi connectivity index (χ3n) is 3.12. The van der Waals surface area contributed by atoms with Crippen molar-refractivity contribution in [1.82, 2.24) is 0 Å².